The van der Waals surface area contributed by atoms with Gasteiger partial charge in [0.2, 0.25) is 0 Å². The Hall–Kier alpha value is -4.82. The summed E-state index contributed by atoms with van der Waals surface area (Å²) < 4.78 is 0. The fourth-order valence-corrected chi connectivity index (χ4v) is 4.96. The molecule has 0 radical (unpaired) electrons. The molecule has 204 valence electrons. The fraction of sp³-hybridized carbons (Fsp3) is 0.128. The minimum absolute atomic E-state index is 1.12. The molecule has 0 bridgehead atoms. The highest BCUT2D eigenvalue weighted by Gasteiger charge is 2.15. The number of aryl methyl sites for hydroxylation is 1. The maximum absolute atomic E-state index is 2.34. The number of rotatable bonds is 6. The maximum atomic E-state index is 2.34. The van der Waals surface area contributed by atoms with Crippen LogP contribution in [0.1, 0.15) is 25.8 Å². The van der Waals surface area contributed by atoms with Crippen LogP contribution in [0.15, 0.2) is 146 Å². The van der Waals surface area contributed by atoms with Crippen LogP contribution in [0.2, 0.25) is 0 Å². The van der Waals surface area contributed by atoms with Gasteiger partial charge in [-0.2, -0.15) is 0 Å². The Morgan fingerprint density at radius 3 is 1.63 bits per heavy atom. The predicted octanol–water partition coefficient (Wildman–Crippen LogP) is 11.5. The van der Waals surface area contributed by atoms with E-state index in [1.807, 2.05) is 0 Å². The lowest BCUT2D eigenvalue weighted by Crippen LogP contribution is -2.12. The largest absolute Gasteiger partial charge is 0.345 e. The number of benzene rings is 6. The highest BCUT2D eigenvalue weighted by Crippen LogP contribution is 2.38. The molecule has 0 saturated carbocycles. The van der Waals surface area contributed by atoms with Gasteiger partial charge in [0.25, 0.3) is 0 Å². The summed E-state index contributed by atoms with van der Waals surface area (Å²) in [4.78, 5) is 4.56. The van der Waals surface area contributed by atoms with Crippen molar-refractivity contribution in [2.75, 3.05) is 16.8 Å². The molecule has 0 atom stereocenters. The lowest BCUT2D eigenvalue weighted by molar-refractivity contribution is 1.09. The van der Waals surface area contributed by atoms with E-state index in [4.69, 9.17) is 0 Å². The molecule has 6 aromatic rings. The normalized spacial score (nSPS) is 10.5. The van der Waals surface area contributed by atoms with E-state index in [-0.39, 0.29) is 0 Å². The topological polar surface area (TPSA) is 6.48 Å². The molecule has 6 rings (SSSR count). The first kappa shape index (κ1) is 27.7. The molecule has 6 aromatic carbocycles. The van der Waals surface area contributed by atoms with Gasteiger partial charge in [0.1, 0.15) is 0 Å². The summed E-state index contributed by atoms with van der Waals surface area (Å²) in [6.07, 6.45) is 1.25. The number of hydrogen-bond acceptors (Lipinski definition) is 2. The van der Waals surface area contributed by atoms with Gasteiger partial charge in [-0.25, -0.2) is 0 Å². The van der Waals surface area contributed by atoms with E-state index < -0.39 is 0 Å². The van der Waals surface area contributed by atoms with Crippen molar-refractivity contribution in [3.63, 3.8) is 0 Å². The number of nitrogens with zero attached hydrogens (tertiary/aromatic N) is 2. The molecule has 0 fully saturated rings. The van der Waals surface area contributed by atoms with Crippen LogP contribution < -0.4 is 9.80 Å². The maximum Gasteiger partial charge on any atom is 0.0468 e. The highest BCUT2D eigenvalue weighted by atomic mass is 15.1. The van der Waals surface area contributed by atoms with Gasteiger partial charge < -0.3 is 9.80 Å². The van der Waals surface area contributed by atoms with Crippen molar-refractivity contribution < 1.29 is 0 Å². The van der Waals surface area contributed by atoms with E-state index >= 15 is 0 Å². The van der Waals surface area contributed by atoms with Crippen molar-refractivity contribution in [3.05, 3.63) is 151 Å². The third kappa shape index (κ3) is 6.50. The summed E-state index contributed by atoms with van der Waals surface area (Å²) in [5.41, 5.74) is 9.37. The molecular weight excluding hydrogens is 496 g/mol. The van der Waals surface area contributed by atoms with Crippen molar-refractivity contribution in [3.8, 4) is 11.1 Å². The van der Waals surface area contributed by atoms with Crippen molar-refractivity contribution in [2.45, 2.75) is 27.2 Å². The van der Waals surface area contributed by atoms with Gasteiger partial charge in [0, 0.05) is 35.5 Å². The van der Waals surface area contributed by atoms with E-state index in [9.17, 15) is 0 Å². The number of fused-ring (bicyclic) bond motifs is 1. The van der Waals surface area contributed by atoms with Crippen LogP contribution in [0.4, 0.5) is 28.4 Å². The van der Waals surface area contributed by atoms with Crippen molar-refractivity contribution in [1.29, 1.82) is 0 Å². The first-order valence-electron chi connectivity index (χ1n) is 14.4. The van der Waals surface area contributed by atoms with Gasteiger partial charge in [-0.1, -0.05) is 111 Å². The Bertz CT molecular complexity index is 1690. The summed E-state index contributed by atoms with van der Waals surface area (Å²) >= 11 is 0. The average Bonchev–Trinajstić information content (AvgIpc) is 3.02. The summed E-state index contributed by atoms with van der Waals surface area (Å²) in [5.74, 6) is 0. The van der Waals surface area contributed by atoms with Gasteiger partial charge in [0.15, 0.2) is 0 Å². The lowest BCUT2D eigenvalue weighted by Gasteiger charge is -2.27. The van der Waals surface area contributed by atoms with Crippen LogP contribution in [0.5, 0.6) is 0 Å². The highest BCUT2D eigenvalue weighted by molar-refractivity contribution is 5.90. The second-order valence-corrected chi connectivity index (χ2v) is 10.4. The molecule has 0 aliphatic carbocycles. The molecule has 0 aliphatic heterocycles. The van der Waals surface area contributed by atoms with Crippen molar-refractivity contribution in [2.24, 2.45) is 0 Å². The van der Waals surface area contributed by atoms with Crippen LogP contribution in [-0.4, -0.2) is 7.05 Å². The van der Waals surface area contributed by atoms with Gasteiger partial charge in [-0.15, -0.1) is 0 Å². The third-order valence-electron chi connectivity index (χ3n) is 7.12. The summed E-state index contributed by atoms with van der Waals surface area (Å²) in [6, 6.07) is 52.0. The Kier molecular flexibility index (Phi) is 8.81. The Morgan fingerprint density at radius 1 is 0.439 bits per heavy atom. The Balaban J connectivity index is 0.00000108. The van der Waals surface area contributed by atoms with E-state index in [1.165, 1.54) is 39.6 Å². The molecule has 41 heavy (non-hydrogen) atoms. The van der Waals surface area contributed by atoms with Crippen molar-refractivity contribution in [1.82, 2.24) is 0 Å². The van der Waals surface area contributed by atoms with E-state index in [0.717, 1.165) is 22.7 Å². The zero-order valence-electron chi connectivity index (χ0n) is 24.5. The van der Waals surface area contributed by atoms with Crippen LogP contribution >= 0.6 is 0 Å². The molecule has 2 nitrogen and oxygen atoms in total. The Morgan fingerprint density at radius 2 is 0.951 bits per heavy atom. The third-order valence-corrected chi connectivity index (χ3v) is 7.12. The molecule has 0 heterocycles. The summed E-state index contributed by atoms with van der Waals surface area (Å²) in [5, 5.41) is 2.47. The second kappa shape index (κ2) is 13.0. The Labute approximate surface area is 245 Å². The van der Waals surface area contributed by atoms with Crippen LogP contribution in [0.25, 0.3) is 21.9 Å². The fourth-order valence-electron chi connectivity index (χ4n) is 4.96. The molecule has 0 aromatic heterocycles. The van der Waals surface area contributed by atoms with Gasteiger partial charge in [-0.3, -0.25) is 0 Å². The van der Waals surface area contributed by atoms with Crippen molar-refractivity contribution >= 4 is 39.2 Å². The zero-order chi connectivity index (χ0) is 28.6. The van der Waals surface area contributed by atoms with E-state index in [2.05, 4.69) is 183 Å². The minimum Gasteiger partial charge on any atom is -0.345 e. The summed E-state index contributed by atoms with van der Waals surface area (Å²) in [6.45, 7) is 6.37. The smallest absolute Gasteiger partial charge is 0.0468 e. The van der Waals surface area contributed by atoms with Gasteiger partial charge >= 0.3 is 0 Å². The molecule has 0 saturated heterocycles. The minimum atomic E-state index is 1.12. The standard InChI is InChI=1S/C36H30N2.C3H8/c1-27-15-18-32(19-16-27)37(2)33-21-23-34(24-22-33)38(36-20-17-29-11-6-7-12-30(29)26-36)35-14-8-13-31(25-35)28-9-4-3-5-10-28;1-3-2/h3-26H,1-2H3;3H2,1-2H3. The zero-order valence-corrected chi connectivity index (χ0v) is 24.5. The summed E-state index contributed by atoms with van der Waals surface area (Å²) in [7, 11) is 2.12. The molecular formula is C39H38N2. The van der Waals surface area contributed by atoms with E-state index in [1.54, 1.807) is 0 Å². The monoisotopic (exact) mass is 534 g/mol. The molecule has 0 spiro atoms. The molecule has 2 heteroatoms. The quantitative estimate of drug-likeness (QED) is 0.210. The van der Waals surface area contributed by atoms with Crippen LogP contribution in [0.3, 0.4) is 0 Å². The molecule has 0 amide bonds. The number of anilines is 5. The average molecular weight is 535 g/mol. The second-order valence-electron chi connectivity index (χ2n) is 10.4. The molecule has 0 N–H and O–H groups in total. The van der Waals surface area contributed by atoms with Crippen LogP contribution in [-0.2, 0) is 0 Å². The first-order chi connectivity index (χ1) is 20.1. The van der Waals surface area contributed by atoms with Gasteiger partial charge in [0.05, 0.1) is 0 Å². The van der Waals surface area contributed by atoms with Gasteiger partial charge in [-0.05, 0) is 89.5 Å². The predicted molar refractivity (Wildman–Crippen MR) is 179 cm³/mol. The van der Waals surface area contributed by atoms with E-state index in [0.29, 0.717) is 0 Å². The van der Waals surface area contributed by atoms with Crippen LogP contribution in [0, 0.1) is 6.92 Å². The molecule has 0 aliphatic rings. The lowest BCUT2D eigenvalue weighted by atomic mass is 10.0. The number of hydrogen-bond donors (Lipinski definition) is 0. The molecule has 0 unspecified atom stereocenters. The SMILES string of the molecule is CCC.Cc1ccc(N(C)c2ccc(N(c3cccc(-c4ccccc4)c3)c3ccc4ccccc4c3)cc2)cc1. The first-order valence-corrected chi connectivity index (χ1v) is 14.4.